The van der Waals surface area contributed by atoms with Crippen LogP contribution in [0.15, 0.2) is 15.7 Å². The van der Waals surface area contributed by atoms with Gasteiger partial charge < -0.3 is 18.9 Å². The number of fused-ring (bicyclic) bond motifs is 4. The number of esters is 3. The van der Waals surface area contributed by atoms with Crippen molar-refractivity contribution < 1.29 is 33.3 Å². The minimum atomic E-state index is -1.17. The highest BCUT2D eigenvalue weighted by Crippen LogP contribution is 2.39. The van der Waals surface area contributed by atoms with Gasteiger partial charge in [0, 0.05) is 39.0 Å². The summed E-state index contributed by atoms with van der Waals surface area (Å²) < 4.78 is 22.7. The molecule has 3 heterocycles. The summed E-state index contributed by atoms with van der Waals surface area (Å²) in [5.41, 5.74) is -1.18. The van der Waals surface area contributed by atoms with Gasteiger partial charge in [-0.2, -0.15) is 0 Å². The summed E-state index contributed by atoms with van der Waals surface area (Å²) in [7, 11) is 0. The van der Waals surface area contributed by atoms with Crippen LogP contribution < -0.4 is 11.2 Å². The molecule has 0 amide bonds. The van der Waals surface area contributed by atoms with Crippen molar-refractivity contribution in [3.05, 3.63) is 32.6 Å². The minimum Gasteiger partial charge on any atom is -0.459 e. The van der Waals surface area contributed by atoms with Crippen molar-refractivity contribution in [1.29, 1.82) is 0 Å². The predicted octanol–water partition coefficient (Wildman–Crippen LogP) is -1.21. The summed E-state index contributed by atoms with van der Waals surface area (Å²) in [6, 6.07) is 1.17. The zero-order chi connectivity index (χ0) is 19.9. The van der Waals surface area contributed by atoms with Crippen molar-refractivity contribution in [2.24, 2.45) is 0 Å². The maximum Gasteiger partial charge on any atom is 0.330 e. The molecular weight excluding hydrogens is 364 g/mol. The highest BCUT2D eigenvalue weighted by molar-refractivity contribution is 5.68. The number of aromatic amines is 1. The second-order valence-corrected chi connectivity index (χ2v) is 6.29. The van der Waals surface area contributed by atoms with E-state index in [0.29, 0.717) is 0 Å². The van der Waals surface area contributed by atoms with Crippen LogP contribution in [0.1, 0.15) is 32.7 Å². The van der Waals surface area contributed by atoms with E-state index in [1.54, 1.807) is 0 Å². The number of aromatic nitrogens is 2. The van der Waals surface area contributed by atoms with E-state index >= 15 is 0 Å². The summed E-state index contributed by atoms with van der Waals surface area (Å²) in [6.45, 7) is 3.51. The van der Waals surface area contributed by atoms with Crippen LogP contribution in [0.25, 0.3) is 0 Å². The average Bonchev–Trinajstić information content (AvgIpc) is 2.74. The lowest BCUT2D eigenvalue weighted by Gasteiger charge is -2.29. The van der Waals surface area contributed by atoms with Crippen molar-refractivity contribution in [2.75, 3.05) is 0 Å². The molecule has 146 valence electrons. The van der Waals surface area contributed by atoms with E-state index in [4.69, 9.17) is 18.9 Å². The minimum absolute atomic E-state index is 0.0234. The van der Waals surface area contributed by atoms with Gasteiger partial charge in [0.15, 0.2) is 18.4 Å². The number of carbonyl (C=O) groups is 3. The van der Waals surface area contributed by atoms with Crippen molar-refractivity contribution in [1.82, 2.24) is 9.55 Å². The molecule has 0 unspecified atom stereocenters. The van der Waals surface area contributed by atoms with Crippen molar-refractivity contribution in [3.63, 3.8) is 0 Å². The van der Waals surface area contributed by atoms with Gasteiger partial charge in [0.05, 0.1) is 0 Å². The second kappa shape index (κ2) is 6.99. The summed E-state index contributed by atoms with van der Waals surface area (Å²) >= 11 is 0. The Kier molecular flexibility index (Phi) is 4.87. The number of hydrogen-bond acceptors (Lipinski definition) is 9. The van der Waals surface area contributed by atoms with Crippen molar-refractivity contribution in [2.45, 2.75) is 57.8 Å². The number of H-pyrrole nitrogens is 1. The second-order valence-electron chi connectivity index (χ2n) is 6.29. The van der Waals surface area contributed by atoms with Gasteiger partial charge in [-0.1, -0.05) is 0 Å². The van der Waals surface area contributed by atoms with Crippen molar-refractivity contribution >= 4 is 17.9 Å². The molecule has 1 aromatic heterocycles. The molecule has 1 aromatic rings. The molecule has 1 saturated heterocycles. The Morgan fingerprint density at radius 3 is 2.22 bits per heavy atom. The van der Waals surface area contributed by atoms with Crippen LogP contribution in [0.4, 0.5) is 0 Å². The first-order valence-corrected chi connectivity index (χ1v) is 8.19. The first-order chi connectivity index (χ1) is 12.7. The molecule has 5 atom stereocenters. The fourth-order valence-electron chi connectivity index (χ4n) is 3.45. The number of ether oxygens (including phenoxy) is 4. The fraction of sp³-hybridized carbons (Fsp3) is 0.562. The maximum atomic E-state index is 12.4. The van der Waals surface area contributed by atoms with Gasteiger partial charge in [-0.3, -0.25) is 28.7 Å². The highest BCUT2D eigenvalue weighted by Gasteiger charge is 2.56. The van der Waals surface area contributed by atoms with E-state index in [9.17, 15) is 24.0 Å². The number of nitrogens with one attached hydrogen (secondary N) is 1. The Morgan fingerprint density at radius 1 is 1.04 bits per heavy atom. The Bertz CT molecular complexity index is 902. The average molecular weight is 382 g/mol. The van der Waals surface area contributed by atoms with E-state index in [0.717, 1.165) is 11.5 Å². The summed E-state index contributed by atoms with van der Waals surface area (Å²) in [5.74, 6) is -1.98. The smallest absolute Gasteiger partial charge is 0.330 e. The van der Waals surface area contributed by atoms with E-state index in [1.165, 1.54) is 19.9 Å². The Balaban J connectivity index is 2.16. The normalized spacial score (nSPS) is 28.6. The third-order valence-corrected chi connectivity index (χ3v) is 4.23. The van der Waals surface area contributed by atoms with Crippen LogP contribution in [0.3, 0.4) is 0 Å². The lowest BCUT2D eigenvalue weighted by Crippen LogP contribution is -2.48. The topological polar surface area (TPSA) is 143 Å². The molecule has 2 aliphatic heterocycles. The van der Waals surface area contributed by atoms with Crippen LogP contribution >= 0.6 is 0 Å². The largest absolute Gasteiger partial charge is 0.459 e. The molecule has 1 fully saturated rings. The molecule has 27 heavy (non-hydrogen) atoms. The van der Waals surface area contributed by atoms with E-state index in [-0.39, 0.29) is 12.1 Å². The highest BCUT2D eigenvalue weighted by atomic mass is 16.7. The number of rotatable bonds is 3. The van der Waals surface area contributed by atoms with Crippen LogP contribution in [-0.4, -0.2) is 51.9 Å². The van der Waals surface area contributed by atoms with Gasteiger partial charge >= 0.3 is 23.6 Å². The number of nitrogens with zero attached hydrogens (tertiary/aromatic N) is 1. The van der Waals surface area contributed by atoms with Gasteiger partial charge in [-0.05, 0) is 0 Å². The van der Waals surface area contributed by atoms with Crippen LogP contribution in [0, 0.1) is 0 Å². The zero-order valence-electron chi connectivity index (χ0n) is 14.8. The maximum absolute atomic E-state index is 12.4. The third-order valence-electron chi connectivity index (χ3n) is 4.23. The van der Waals surface area contributed by atoms with E-state index in [2.05, 4.69) is 4.98 Å². The van der Waals surface area contributed by atoms with Gasteiger partial charge in [0.2, 0.25) is 0 Å². The fourth-order valence-corrected chi connectivity index (χ4v) is 3.45. The first-order valence-electron chi connectivity index (χ1n) is 8.19. The molecule has 2 aliphatic rings. The van der Waals surface area contributed by atoms with Crippen molar-refractivity contribution in [3.8, 4) is 0 Å². The predicted molar refractivity (Wildman–Crippen MR) is 85.6 cm³/mol. The lowest BCUT2D eigenvalue weighted by molar-refractivity contribution is -0.170. The van der Waals surface area contributed by atoms with E-state index in [1.807, 2.05) is 0 Å². The molecule has 0 spiro atoms. The van der Waals surface area contributed by atoms with Gasteiger partial charge in [0.25, 0.3) is 5.56 Å². The van der Waals surface area contributed by atoms with Gasteiger partial charge in [0.1, 0.15) is 12.2 Å². The molecule has 2 bridgehead atoms. The lowest BCUT2D eigenvalue weighted by atomic mass is 9.98. The van der Waals surface area contributed by atoms with Gasteiger partial charge in [-0.25, -0.2) is 4.79 Å². The molecule has 0 radical (unpaired) electrons. The molecule has 0 aliphatic carbocycles. The molecule has 0 saturated carbocycles. The quantitative estimate of drug-likeness (QED) is 0.503. The Morgan fingerprint density at radius 2 is 1.63 bits per heavy atom. The third kappa shape index (κ3) is 3.63. The SMILES string of the molecule is CC(=O)O[C@H]1[C@@H](OC(C)=O)[C@H]2O[C@@H]1[C@@H](OC(C)=O)Cc1cc(=O)[nH]c(=O)n12. The number of carbonyl (C=O) groups excluding carboxylic acids is 3. The van der Waals surface area contributed by atoms with Crippen LogP contribution in [-0.2, 0) is 39.8 Å². The molecule has 11 nitrogen and oxygen atoms in total. The first kappa shape index (κ1) is 18.8. The zero-order valence-corrected chi connectivity index (χ0v) is 14.8. The molecule has 0 aromatic carbocycles. The Hall–Kier alpha value is -2.95. The standard InChI is InChI=1S/C16H18N2O9/c1-6(19)24-10-4-9-5-11(22)17-16(23)18(9)15-14(26-8(3)21)13(12(10)27-15)25-7(2)20/h5,10,12-15H,4H2,1-3H3,(H,17,22,23)/t10-,12+,13+,14+,15+/m0/s1. The molecule has 3 rings (SSSR count). The number of hydrogen-bond donors (Lipinski definition) is 1. The van der Waals surface area contributed by atoms with Gasteiger partial charge in [-0.15, -0.1) is 0 Å². The monoisotopic (exact) mass is 382 g/mol. The van der Waals surface area contributed by atoms with Crippen LogP contribution in [0.2, 0.25) is 0 Å². The Labute approximate surface area is 152 Å². The molecule has 1 N–H and O–H groups in total. The summed E-state index contributed by atoms with van der Waals surface area (Å²) in [6.07, 6.45) is -5.43. The molecule has 11 heteroatoms. The van der Waals surface area contributed by atoms with Crippen LogP contribution in [0.5, 0.6) is 0 Å². The summed E-state index contributed by atoms with van der Waals surface area (Å²) in [4.78, 5) is 60.8. The molecular formula is C16H18N2O9. The summed E-state index contributed by atoms with van der Waals surface area (Å²) in [5, 5.41) is 0. The van der Waals surface area contributed by atoms with E-state index < -0.39 is 59.8 Å².